The van der Waals surface area contributed by atoms with Crippen LogP contribution in [0.5, 0.6) is 0 Å². The highest BCUT2D eigenvalue weighted by Gasteiger charge is 2.25. The number of anilines is 1. The predicted octanol–water partition coefficient (Wildman–Crippen LogP) is 3.63. The molecule has 4 aromatic rings. The zero-order valence-corrected chi connectivity index (χ0v) is 19.2. The van der Waals surface area contributed by atoms with E-state index >= 15 is 0 Å². The zero-order valence-electron chi connectivity index (χ0n) is 18.4. The van der Waals surface area contributed by atoms with Gasteiger partial charge >= 0.3 is 0 Å². The Morgan fingerprint density at radius 2 is 1.76 bits per heavy atom. The van der Waals surface area contributed by atoms with Gasteiger partial charge in [-0.1, -0.05) is 24.3 Å². The SMILES string of the molecule is Cc1nn(-c2cc(N3CCN(C(=O)c4cccs4)CC3)ccc2[N+](=O)[O-])c(=O)c2ccccc12. The van der Waals surface area contributed by atoms with E-state index in [0.717, 1.165) is 10.4 Å². The molecule has 1 amide bonds. The number of aryl methyl sites for hydroxylation is 1. The fraction of sp³-hybridized carbons (Fsp3) is 0.208. The Labute approximate surface area is 198 Å². The Kier molecular flexibility index (Phi) is 5.58. The summed E-state index contributed by atoms with van der Waals surface area (Å²) in [4.78, 5) is 41.7. The number of amides is 1. The van der Waals surface area contributed by atoms with Crippen LogP contribution >= 0.6 is 11.3 Å². The van der Waals surface area contributed by atoms with Gasteiger partial charge in [0.05, 0.1) is 20.9 Å². The van der Waals surface area contributed by atoms with E-state index in [9.17, 15) is 19.7 Å². The number of nitro groups is 1. The van der Waals surface area contributed by atoms with Crippen LogP contribution < -0.4 is 10.5 Å². The van der Waals surface area contributed by atoms with Gasteiger partial charge in [-0.15, -0.1) is 11.3 Å². The van der Waals surface area contributed by atoms with E-state index in [1.54, 1.807) is 31.2 Å². The summed E-state index contributed by atoms with van der Waals surface area (Å²) in [6, 6.07) is 15.5. The molecule has 0 unspecified atom stereocenters. The lowest BCUT2D eigenvalue weighted by atomic mass is 10.1. The van der Waals surface area contributed by atoms with Crippen molar-refractivity contribution in [2.24, 2.45) is 0 Å². The van der Waals surface area contributed by atoms with Gasteiger partial charge in [-0.3, -0.25) is 19.7 Å². The Morgan fingerprint density at radius 3 is 2.44 bits per heavy atom. The van der Waals surface area contributed by atoms with Gasteiger partial charge in [0.25, 0.3) is 17.2 Å². The Balaban J connectivity index is 1.49. The van der Waals surface area contributed by atoms with Crippen molar-refractivity contribution in [2.75, 3.05) is 31.1 Å². The van der Waals surface area contributed by atoms with E-state index in [0.29, 0.717) is 47.5 Å². The minimum Gasteiger partial charge on any atom is -0.368 e. The highest BCUT2D eigenvalue weighted by atomic mass is 32.1. The topological polar surface area (TPSA) is 102 Å². The molecule has 2 aromatic carbocycles. The summed E-state index contributed by atoms with van der Waals surface area (Å²) < 4.78 is 1.12. The molecule has 0 spiro atoms. The standard InChI is InChI=1S/C24H21N5O4S/c1-16-18-5-2-3-6-19(18)23(30)28(25-16)21-15-17(8-9-20(21)29(32)33)26-10-12-27(13-11-26)24(31)22-7-4-14-34-22/h2-9,14-15H,10-13H2,1H3. The van der Waals surface area contributed by atoms with E-state index in [1.807, 2.05) is 34.5 Å². The number of thiophene rings is 1. The van der Waals surface area contributed by atoms with Gasteiger partial charge in [0.1, 0.15) is 5.69 Å². The number of carbonyl (C=O) groups excluding carboxylic acids is 1. The second-order valence-electron chi connectivity index (χ2n) is 8.03. The van der Waals surface area contributed by atoms with Gasteiger partial charge < -0.3 is 9.80 Å². The fourth-order valence-electron chi connectivity index (χ4n) is 4.27. The molecule has 10 heteroatoms. The number of fused-ring (bicyclic) bond motifs is 1. The average Bonchev–Trinajstić information content (AvgIpc) is 3.41. The first-order chi connectivity index (χ1) is 16.4. The summed E-state index contributed by atoms with van der Waals surface area (Å²) >= 11 is 1.42. The number of hydrogen-bond acceptors (Lipinski definition) is 7. The van der Waals surface area contributed by atoms with Crippen molar-refractivity contribution in [1.82, 2.24) is 14.7 Å². The molecule has 2 aromatic heterocycles. The molecule has 0 bridgehead atoms. The molecule has 1 saturated heterocycles. The van der Waals surface area contributed by atoms with Crippen LogP contribution in [0.1, 0.15) is 15.4 Å². The highest BCUT2D eigenvalue weighted by molar-refractivity contribution is 7.12. The van der Waals surface area contributed by atoms with Crippen molar-refractivity contribution in [2.45, 2.75) is 6.92 Å². The van der Waals surface area contributed by atoms with Crippen molar-refractivity contribution in [1.29, 1.82) is 0 Å². The zero-order chi connectivity index (χ0) is 23.8. The normalized spacial score (nSPS) is 13.9. The third-order valence-corrected chi connectivity index (χ3v) is 6.90. The van der Waals surface area contributed by atoms with Gasteiger partial charge in [-0.25, -0.2) is 0 Å². The molecule has 0 radical (unpaired) electrons. The minimum atomic E-state index is -0.505. The van der Waals surface area contributed by atoms with Crippen LogP contribution in [-0.2, 0) is 0 Å². The average molecular weight is 476 g/mol. The first-order valence-electron chi connectivity index (χ1n) is 10.8. The molecular formula is C24H21N5O4S. The maximum atomic E-state index is 13.2. The molecule has 5 rings (SSSR count). The monoisotopic (exact) mass is 475 g/mol. The summed E-state index contributed by atoms with van der Waals surface area (Å²) in [6.45, 7) is 4.01. The molecule has 0 aliphatic carbocycles. The van der Waals surface area contributed by atoms with E-state index in [1.165, 1.54) is 17.4 Å². The molecule has 0 saturated carbocycles. The summed E-state index contributed by atoms with van der Waals surface area (Å²) in [5.74, 6) is 0.0152. The molecule has 3 heterocycles. The van der Waals surface area contributed by atoms with Crippen molar-refractivity contribution < 1.29 is 9.72 Å². The summed E-state index contributed by atoms with van der Waals surface area (Å²) in [5.41, 5.74) is 0.865. The second kappa shape index (κ2) is 8.71. The number of piperazine rings is 1. The lowest BCUT2D eigenvalue weighted by molar-refractivity contribution is -0.384. The third kappa shape index (κ3) is 3.81. The van der Waals surface area contributed by atoms with Gasteiger partial charge in [0.2, 0.25) is 0 Å². The van der Waals surface area contributed by atoms with Crippen LogP contribution in [0.25, 0.3) is 16.5 Å². The van der Waals surface area contributed by atoms with Gasteiger partial charge in [0.15, 0.2) is 0 Å². The Morgan fingerprint density at radius 1 is 1.03 bits per heavy atom. The fourth-order valence-corrected chi connectivity index (χ4v) is 4.96. The first-order valence-corrected chi connectivity index (χ1v) is 11.7. The molecule has 1 aliphatic heterocycles. The highest BCUT2D eigenvalue weighted by Crippen LogP contribution is 2.29. The maximum Gasteiger partial charge on any atom is 0.295 e. The molecule has 1 aliphatic rings. The number of aromatic nitrogens is 2. The van der Waals surface area contributed by atoms with Gasteiger partial charge in [-0.2, -0.15) is 9.78 Å². The van der Waals surface area contributed by atoms with Gasteiger partial charge in [-0.05, 0) is 36.6 Å². The van der Waals surface area contributed by atoms with Crippen molar-refractivity contribution in [3.8, 4) is 5.69 Å². The summed E-state index contributed by atoms with van der Waals surface area (Å²) in [6.07, 6.45) is 0. The molecule has 1 fully saturated rings. The minimum absolute atomic E-state index is 0.0152. The molecule has 172 valence electrons. The van der Waals surface area contributed by atoms with Crippen molar-refractivity contribution >= 4 is 39.4 Å². The number of nitro benzene ring substituents is 1. The molecule has 0 N–H and O–H groups in total. The van der Waals surface area contributed by atoms with E-state index in [4.69, 9.17) is 0 Å². The predicted molar refractivity (Wildman–Crippen MR) is 131 cm³/mol. The first kappa shape index (κ1) is 21.8. The van der Waals surface area contributed by atoms with Crippen LogP contribution in [0.3, 0.4) is 0 Å². The second-order valence-corrected chi connectivity index (χ2v) is 8.98. The lowest BCUT2D eigenvalue weighted by Gasteiger charge is -2.36. The number of nitrogens with zero attached hydrogens (tertiary/aromatic N) is 5. The number of hydrogen-bond donors (Lipinski definition) is 0. The quantitative estimate of drug-likeness (QED) is 0.330. The van der Waals surface area contributed by atoms with Gasteiger partial charge in [0, 0.05) is 43.3 Å². The van der Waals surface area contributed by atoms with E-state index in [-0.39, 0.29) is 17.3 Å². The number of benzene rings is 2. The van der Waals surface area contributed by atoms with Crippen LogP contribution in [0, 0.1) is 17.0 Å². The van der Waals surface area contributed by atoms with Crippen LogP contribution in [0.2, 0.25) is 0 Å². The van der Waals surface area contributed by atoms with E-state index in [2.05, 4.69) is 10.00 Å². The van der Waals surface area contributed by atoms with Crippen molar-refractivity contribution in [3.05, 3.63) is 91.0 Å². The molecule has 9 nitrogen and oxygen atoms in total. The van der Waals surface area contributed by atoms with E-state index < -0.39 is 10.5 Å². The smallest absolute Gasteiger partial charge is 0.295 e. The lowest BCUT2D eigenvalue weighted by Crippen LogP contribution is -2.48. The molecular weight excluding hydrogens is 454 g/mol. The van der Waals surface area contributed by atoms with Crippen molar-refractivity contribution in [3.63, 3.8) is 0 Å². The maximum absolute atomic E-state index is 13.2. The Hall–Kier alpha value is -4.05. The van der Waals surface area contributed by atoms with Crippen LogP contribution in [-0.4, -0.2) is 51.7 Å². The third-order valence-electron chi connectivity index (χ3n) is 6.04. The van der Waals surface area contributed by atoms with Crippen LogP contribution in [0.4, 0.5) is 11.4 Å². The number of carbonyl (C=O) groups is 1. The van der Waals surface area contributed by atoms with Crippen LogP contribution in [0.15, 0.2) is 64.8 Å². The number of rotatable bonds is 4. The Bertz CT molecular complexity index is 1460. The summed E-state index contributed by atoms with van der Waals surface area (Å²) in [7, 11) is 0. The summed E-state index contributed by atoms with van der Waals surface area (Å²) in [5, 5.41) is 19.2. The molecule has 0 atom stereocenters. The largest absolute Gasteiger partial charge is 0.368 e. The molecule has 34 heavy (non-hydrogen) atoms.